The summed E-state index contributed by atoms with van der Waals surface area (Å²) in [6.07, 6.45) is 1.68. The lowest BCUT2D eigenvalue weighted by Crippen LogP contribution is -2.16. The molecule has 0 aliphatic heterocycles. The van der Waals surface area contributed by atoms with Gasteiger partial charge >= 0.3 is 0 Å². The van der Waals surface area contributed by atoms with Crippen LogP contribution in [0.2, 0.25) is 0 Å². The summed E-state index contributed by atoms with van der Waals surface area (Å²) in [6.45, 7) is 6.01. The largest absolute Gasteiger partial charge is 0.307 e. The molecule has 0 saturated carbocycles. The minimum absolute atomic E-state index is 0.144. The average molecular weight is 326 g/mol. The van der Waals surface area contributed by atoms with Gasteiger partial charge in [-0.1, -0.05) is 12.1 Å². The van der Waals surface area contributed by atoms with Crippen LogP contribution in [0.15, 0.2) is 41.9 Å². The Balaban J connectivity index is 1.76. The topological polar surface area (TPSA) is 59.8 Å². The van der Waals surface area contributed by atoms with Crippen LogP contribution in [0.3, 0.4) is 0 Å². The van der Waals surface area contributed by atoms with Crippen LogP contribution in [0.1, 0.15) is 35.9 Å². The van der Waals surface area contributed by atoms with E-state index in [1.165, 1.54) is 0 Å². The molecule has 6 heteroatoms. The van der Waals surface area contributed by atoms with Crippen molar-refractivity contribution in [3.8, 4) is 10.6 Å². The zero-order valence-corrected chi connectivity index (χ0v) is 14.1. The van der Waals surface area contributed by atoms with E-state index in [1.807, 2.05) is 50.4 Å². The molecule has 1 N–H and O–H groups in total. The quantitative estimate of drug-likeness (QED) is 0.783. The van der Waals surface area contributed by atoms with Gasteiger partial charge in [0.05, 0.1) is 6.20 Å². The molecule has 3 aromatic rings. The van der Waals surface area contributed by atoms with Crippen LogP contribution < -0.4 is 5.32 Å². The van der Waals surface area contributed by atoms with E-state index < -0.39 is 0 Å². The van der Waals surface area contributed by atoms with Crippen molar-refractivity contribution in [1.29, 1.82) is 0 Å². The van der Waals surface area contributed by atoms with Gasteiger partial charge in [-0.05, 0) is 32.9 Å². The Morgan fingerprint density at radius 1 is 1.22 bits per heavy atom. The fraction of sp³-hybridized carbons (Fsp3) is 0.235. The summed E-state index contributed by atoms with van der Waals surface area (Å²) >= 11 is 1.60. The molecule has 1 aromatic carbocycles. The van der Waals surface area contributed by atoms with E-state index in [0.29, 0.717) is 11.4 Å². The summed E-state index contributed by atoms with van der Waals surface area (Å²) in [5.74, 6) is 0.555. The molecule has 0 bridgehead atoms. The van der Waals surface area contributed by atoms with Crippen LogP contribution in [0.25, 0.3) is 10.6 Å². The van der Waals surface area contributed by atoms with Gasteiger partial charge in [0.15, 0.2) is 0 Å². The van der Waals surface area contributed by atoms with Gasteiger partial charge < -0.3 is 5.32 Å². The van der Waals surface area contributed by atoms with Crippen molar-refractivity contribution in [2.24, 2.45) is 0 Å². The highest BCUT2D eigenvalue weighted by atomic mass is 32.1. The van der Waals surface area contributed by atoms with Crippen LogP contribution in [-0.4, -0.2) is 20.7 Å². The number of benzene rings is 1. The number of hydrogen-bond acceptors (Lipinski definition) is 4. The molecule has 0 spiro atoms. The number of rotatable bonds is 4. The van der Waals surface area contributed by atoms with Crippen LogP contribution in [0.4, 0.5) is 5.82 Å². The number of amides is 1. The van der Waals surface area contributed by atoms with Gasteiger partial charge in [-0.25, -0.2) is 9.67 Å². The molecule has 2 aromatic heterocycles. The van der Waals surface area contributed by atoms with E-state index in [9.17, 15) is 4.79 Å². The standard InChI is InChI=1S/C17H18N4OS/c1-11(2)21-15(8-9-18-21)20-16(22)13-4-6-14(7-5-13)17-19-12(3)10-23-17/h4-11H,1-3H3,(H,20,22). The Kier molecular flexibility index (Phi) is 4.25. The van der Waals surface area contributed by atoms with E-state index in [-0.39, 0.29) is 11.9 Å². The summed E-state index contributed by atoms with van der Waals surface area (Å²) in [7, 11) is 0. The third-order valence-corrected chi connectivity index (χ3v) is 4.42. The van der Waals surface area contributed by atoms with Crippen LogP contribution in [0.5, 0.6) is 0 Å². The van der Waals surface area contributed by atoms with Gasteiger partial charge in [0, 0.05) is 34.3 Å². The van der Waals surface area contributed by atoms with E-state index >= 15 is 0 Å². The van der Waals surface area contributed by atoms with Gasteiger partial charge in [0.2, 0.25) is 0 Å². The fourth-order valence-corrected chi connectivity index (χ4v) is 3.07. The Bertz CT molecular complexity index is 817. The molecule has 0 unspecified atom stereocenters. The van der Waals surface area contributed by atoms with Crippen LogP contribution in [0, 0.1) is 6.92 Å². The minimum atomic E-state index is -0.144. The molecular formula is C17H18N4OS. The normalized spacial score (nSPS) is 11.0. The van der Waals surface area contributed by atoms with Crippen molar-refractivity contribution in [2.75, 3.05) is 5.32 Å². The Morgan fingerprint density at radius 2 is 1.96 bits per heavy atom. The molecular weight excluding hydrogens is 308 g/mol. The molecule has 23 heavy (non-hydrogen) atoms. The first-order chi connectivity index (χ1) is 11.0. The van der Waals surface area contributed by atoms with Crippen molar-refractivity contribution >= 4 is 23.1 Å². The minimum Gasteiger partial charge on any atom is -0.307 e. The Hall–Kier alpha value is -2.47. The number of aryl methyl sites for hydroxylation is 1. The van der Waals surface area contributed by atoms with Gasteiger partial charge in [-0.15, -0.1) is 11.3 Å². The lowest BCUT2D eigenvalue weighted by atomic mass is 10.1. The summed E-state index contributed by atoms with van der Waals surface area (Å²) in [5, 5.41) is 10.1. The van der Waals surface area contributed by atoms with Gasteiger partial charge in [0.25, 0.3) is 5.91 Å². The maximum atomic E-state index is 12.4. The monoisotopic (exact) mass is 326 g/mol. The molecule has 118 valence electrons. The number of hydrogen-bond donors (Lipinski definition) is 1. The second-order valence-electron chi connectivity index (χ2n) is 5.58. The summed E-state index contributed by atoms with van der Waals surface area (Å²) < 4.78 is 1.78. The number of anilines is 1. The first-order valence-electron chi connectivity index (χ1n) is 7.42. The second-order valence-corrected chi connectivity index (χ2v) is 6.44. The summed E-state index contributed by atoms with van der Waals surface area (Å²) in [5.41, 5.74) is 2.64. The molecule has 5 nitrogen and oxygen atoms in total. The number of nitrogens with zero attached hydrogens (tertiary/aromatic N) is 3. The fourth-order valence-electron chi connectivity index (χ4n) is 2.26. The number of carbonyl (C=O) groups excluding carboxylic acids is 1. The zero-order valence-electron chi connectivity index (χ0n) is 13.3. The second kappa shape index (κ2) is 6.34. The third-order valence-electron chi connectivity index (χ3n) is 3.41. The number of aromatic nitrogens is 3. The molecule has 1 amide bonds. The predicted molar refractivity (Wildman–Crippen MR) is 92.9 cm³/mol. The predicted octanol–water partition coefficient (Wildman–Crippen LogP) is 4.15. The summed E-state index contributed by atoms with van der Waals surface area (Å²) in [4.78, 5) is 16.8. The third kappa shape index (κ3) is 3.32. The maximum absolute atomic E-state index is 12.4. The SMILES string of the molecule is Cc1csc(-c2ccc(C(=O)Nc3ccnn3C(C)C)cc2)n1. The van der Waals surface area contributed by atoms with Gasteiger partial charge in [-0.3, -0.25) is 4.79 Å². The number of thiazole rings is 1. The first-order valence-corrected chi connectivity index (χ1v) is 8.30. The van der Waals surface area contributed by atoms with Crippen molar-refractivity contribution in [1.82, 2.24) is 14.8 Å². The molecule has 0 aliphatic carbocycles. The maximum Gasteiger partial charge on any atom is 0.256 e. The van der Waals surface area contributed by atoms with E-state index in [1.54, 1.807) is 28.3 Å². The van der Waals surface area contributed by atoms with Crippen LogP contribution in [-0.2, 0) is 0 Å². The zero-order chi connectivity index (χ0) is 16.4. The van der Waals surface area contributed by atoms with Crippen molar-refractivity contribution < 1.29 is 4.79 Å². The molecule has 3 rings (SSSR count). The smallest absolute Gasteiger partial charge is 0.256 e. The van der Waals surface area contributed by atoms with Crippen LogP contribution >= 0.6 is 11.3 Å². The highest BCUT2D eigenvalue weighted by Gasteiger charge is 2.12. The molecule has 0 aliphatic rings. The van der Waals surface area contributed by atoms with E-state index in [2.05, 4.69) is 15.4 Å². The van der Waals surface area contributed by atoms with Crippen molar-refractivity contribution in [3.05, 3.63) is 53.2 Å². The molecule has 0 saturated heterocycles. The summed E-state index contributed by atoms with van der Waals surface area (Å²) in [6, 6.07) is 9.47. The van der Waals surface area contributed by atoms with Gasteiger partial charge in [-0.2, -0.15) is 5.10 Å². The highest BCUT2D eigenvalue weighted by Crippen LogP contribution is 2.24. The first kappa shape index (κ1) is 15.4. The highest BCUT2D eigenvalue weighted by molar-refractivity contribution is 7.13. The van der Waals surface area contributed by atoms with Crippen molar-refractivity contribution in [3.63, 3.8) is 0 Å². The lowest BCUT2D eigenvalue weighted by Gasteiger charge is -2.11. The van der Waals surface area contributed by atoms with E-state index in [4.69, 9.17) is 0 Å². The number of carbonyl (C=O) groups is 1. The average Bonchev–Trinajstić information content (AvgIpc) is 3.16. The Morgan fingerprint density at radius 3 is 2.57 bits per heavy atom. The lowest BCUT2D eigenvalue weighted by molar-refractivity contribution is 0.102. The molecule has 0 fully saturated rings. The Labute approximate surface area is 139 Å². The molecule has 0 atom stereocenters. The molecule has 2 heterocycles. The van der Waals surface area contributed by atoms with E-state index in [0.717, 1.165) is 16.3 Å². The molecule has 0 radical (unpaired) electrons. The van der Waals surface area contributed by atoms with Gasteiger partial charge in [0.1, 0.15) is 10.8 Å². The van der Waals surface area contributed by atoms with Crippen molar-refractivity contribution in [2.45, 2.75) is 26.8 Å². The number of nitrogens with one attached hydrogen (secondary N) is 1.